The number of carbonyl (C=O) groups is 1. The summed E-state index contributed by atoms with van der Waals surface area (Å²) in [5.41, 5.74) is 2.18. The summed E-state index contributed by atoms with van der Waals surface area (Å²) in [4.78, 5) is 23.5. The molecule has 0 radical (unpaired) electrons. The summed E-state index contributed by atoms with van der Waals surface area (Å²) in [6, 6.07) is 11.5. The number of para-hydroxylation sites is 1. The van der Waals surface area contributed by atoms with E-state index < -0.39 is 0 Å². The lowest BCUT2D eigenvalue weighted by molar-refractivity contribution is 0.0601. The molecule has 138 valence electrons. The van der Waals surface area contributed by atoms with E-state index in [9.17, 15) is 4.79 Å². The lowest BCUT2D eigenvalue weighted by atomic mass is 9.98. The molecule has 1 fully saturated rings. The zero-order chi connectivity index (χ0) is 18.6. The van der Waals surface area contributed by atoms with Crippen LogP contribution in [0.1, 0.15) is 47.1 Å². The maximum absolute atomic E-state index is 13.0. The topological polar surface area (TPSA) is 84.2 Å². The summed E-state index contributed by atoms with van der Waals surface area (Å²) in [7, 11) is 0. The van der Waals surface area contributed by atoms with Crippen LogP contribution < -0.4 is 5.32 Å². The highest BCUT2D eigenvalue weighted by atomic mass is 16.5. The fourth-order valence-electron chi connectivity index (χ4n) is 3.34. The van der Waals surface area contributed by atoms with Crippen LogP contribution in [-0.4, -0.2) is 32.5 Å². The smallest absolute Gasteiger partial charge is 0.257 e. The summed E-state index contributed by atoms with van der Waals surface area (Å²) >= 11 is 0. The number of likely N-dealkylation sites (tertiary alicyclic amines) is 1. The Morgan fingerprint density at radius 1 is 1.19 bits per heavy atom. The van der Waals surface area contributed by atoms with Gasteiger partial charge in [0.1, 0.15) is 11.5 Å². The van der Waals surface area contributed by atoms with E-state index in [-0.39, 0.29) is 11.9 Å². The van der Waals surface area contributed by atoms with Crippen molar-refractivity contribution < 1.29 is 9.32 Å². The van der Waals surface area contributed by atoms with Gasteiger partial charge in [-0.05, 0) is 38.3 Å². The molecule has 0 bridgehead atoms. The largest absolute Gasteiger partial charge is 0.361 e. The zero-order valence-corrected chi connectivity index (χ0v) is 15.1. The van der Waals surface area contributed by atoms with Crippen molar-refractivity contribution >= 4 is 17.5 Å². The molecule has 1 N–H and O–H groups in total. The number of benzene rings is 1. The minimum absolute atomic E-state index is 0.0641. The second-order valence-corrected chi connectivity index (χ2v) is 6.66. The predicted molar refractivity (Wildman–Crippen MR) is 101 cm³/mol. The Morgan fingerprint density at radius 2 is 1.96 bits per heavy atom. The first-order valence-electron chi connectivity index (χ1n) is 9.09. The second kappa shape index (κ2) is 7.57. The highest BCUT2D eigenvalue weighted by molar-refractivity contribution is 5.94. The number of aromatic nitrogens is 3. The molecule has 7 nitrogen and oxygen atoms in total. The van der Waals surface area contributed by atoms with Crippen LogP contribution in [-0.2, 0) is 0 Å². The highest BCUT2D eigenvalue weighted by Crippen LogP contribution is 2.31. The van der Waals surface area contributed by atoms with Crippen LogP contribution in [0.4, 0.5) is 11.6 Å². The second-order valence-electron chi connectivity index (χ2n) is 6.66. The number of rotatable bonds is 4. The standard InChI is InChI=1S/C20H21N5O2/c1-14-11-17(24-27-14)18-9-5-6-10-25(18)19(26)15-12-21-20(22-13-15)23-16-7-3-2-4-8-16/h2-4,7-8,11-13,18H,5-6,9-10H2,1H3,(H,21,22,23)/t18-/m0/s1. The number of hydrogen-bond acceptors (Lipinski definition) is 6. The maximum Gasteiger partial charge on any atom is 0.257 e. The Morgan fingerprint density at radius 3 is 2.67 bits per heavy atom. The average molecular weight is 363 g/mol. The molecular formula is C20H21N5O2. The normalized spacial score (nSPS) is 16.9. The van der Waals surface area contributed by atoms with Gasteiger partial charge in [0.25, 0.3) is 5.91 Å². The molecule has 0 saturated carbocycles. The van der Waals surface area contributed by atoms with Crippen LogP contribution >= 0.6 is 0 Å². The van der Waals surface area contributed by atoms with Gasteiger partial charge in [0.05, 0.1) is 11.6 Å². The summed E-state index contributed by atoms with van der Waals surface area (Å²) in [5, 5.41) is 7.23. The fraction of sp³-hybridized carbons (Fsp3) is 0.300. The molecule has 7 heteroatoms. The van der Waals surface area contributed by atoms with E-state index >= 15 is 0 Å². The van der Waals surface area contributed by atoms with Crippen molar-refractivity contribution in [2.75, 3.05) is 11.9 Å². The van der Waals surface area contributed by atoms with Crippen molar-refractivity contribution in [3.05, 3.63) is 65.8 Å². The van der Waals surface area contributed by atoms with E-state index in [0.717, 1.165) is 36.4 Å². The number of hydrogen-bond donors (Lipinski definition) is 1. The Balaban J connectivity index is 1.50. The van der Waals surface area contributed by atoms with Gasteiger partial charge in [-0.2, -0.15) is 0 Å². The Hall–Kier alpha value is -3.22. The molecule has 4 rings (SSSR count). The number of amides is 1. The van der Waals surface area contributed by atoms with Crippen molar-refractivity contribution in [3.8, 4) is 0 Å². The number of nitrogens with one attached hydrogen (secondary N) is 1. The molecule has 1 saturated heterocycles. The van der Waals surface area contributed by atoms with Crippen LogP contribution in [0.2, 0.25) is 0 Å². The monoisotopic (exact) mass is 363 g/mol. The van der Waals surface area contributed by atoms with Crippen LogP contribution in [0.15, 0.2) is 53.3 Å². The number of aryl methyl sites for hydroxylation is 1. The van der Waals surface area contributed by atoms with Crippen molar-refractivity contribution in [2.45, 2.75) is 32.2 Å². The van der Waals surface area contributed by atoms with E-state index in [0.29, 0.717) is 18.1 Å². The van der Waals surface area contributed by atoms with Crippen LogP contribution in [0.25, 0.3) is 0 Å². The average Bonchev–Trinajstić information content (AvgIpc) is 3.15. The van der Waals surface area contributed by atoms with Gasteiger partial charge in [-0.25, -0.2) is 9.97 Å². The number of nitrogens with zero attached hydrogens (tertiary/aromatic N) is 4. The van der Waals surface area contributed by atoms with Crippen LogP contribution in [0, 0.1) is 6.92 Å². The van der Waals surface area contributed by atoms with Crippen molar-refractivity contribution in [2.24, 2.45) is 0 Å². The molecule has 0 aliphatic carbocycles. The summed E-state index contributed by atoms with van der Waals surface area (Å²) in [6.45, 7) is 2.55. The Labute approximate surface area is 157 Å². The lowest BCUT2D eigenvalue weighted by Gasteiger charge is -2.34. The summed E-state index contributed by atoms with van der Waals surface area (Å²) in [6.07, 6.45) is 6.07. The van der Waals surface area contributed by atoms with Gasteiger partial charge in [-0.1, -0.05) is 23.4 Å². The number of carbonyl (C=O) groups excluding carboxylic acids is 1. The van der Waals surface area contributed by atoms with Gasteiger partial charge in [0.2, 0.25) is 5.95 Å². The fourth-order valence-corrected chi connectivity index (χ4v) is 3.34. The summed E-state index contributed by atoms with van der Waals surface area (Å²) in [5.74, 6) is 1.13. The molecule has 1 aliphatic heterocycles. The van der Waals surface area contributed by atoms with Gasteiger partial charge in [-0.15, -0.1) is 0 Å². The lowest BCUT2D eigenvalue weighted by Crippen LogP contribution is -2.38. The van der Waals surface area contributed by atoms with E-state index in [1.54, 1.807) is 12.4 Å². The third-order valence-corrected chi connectivity index (χ3v) is 4.68. The molecular weight excluding hydrogens is 342 g/mol. The Bertz CT molecular complexity index is 908. The van der Waals surface area contributed by atoms with Gasteiger partial charge in [-0.3, -0.25) is 4.79 Å². The molecule has 1 atom stereocenters. The van der Waals surface area contributed by atoms with Gasteiger partial charge in [0.15, 0.2) is 0 Å². The highest BCUT2D eigenvalue weighted by Gasteiger charge is 2.31. The Kier molecular flexibility index (Phi) is 4.82. The van der Waals surface area contributed by atoms with E-state index in [2.05, 4.69) is 20.4 Å². The molecule has 2 aromatic heterocycles. The van der Waals surface area contributed by atoms with E-state index in [1.165, 1.54) is 0 Å². The molecule has 3 aromatic rings. The zero-order valence-electron chi connectivity index (χ0n) is 15.1. The third-order valence-electron chi connectivity index (χ3n) is 4.68. The van der Waals surface area contributed by atoms with Gasteiger partial charge < -0.3 is 14.7 Å². The van der Waals surface area contributed by atoms with Crippen molar-refractivity contribution in [1.29, 1.82) is 0 Å². The van der Waals surface area contributed by atoms with Crippen molar-refractivity contribution in [1.82, 2.24) is 20.0 Å². The number of anilines is 2. The molecule has 1 amide bonds. The van der Waals surface area contributed by atoms with Crippen LogP contribution in [0.3, 0.4) is 0 Å². The van der Waals surface area contributed by atoms with Gasteiger partial charge >= 0.3 is 0 Å². The summed E-state index contributed by atoms with van der Waals surface area (Å²) < 4.78 is 5.20. The van der Waals surface area contributed by atoms with Crippen LogP contribution in [0.5, 0.6) is 0 Å². The first-order valence-corrected chi connectivity index (χ1v) is 9.09. The molecule has 1 aliphatic rings. The van der Waals surface area contributed by atoms with Crippen molar-refractivity contribution in [3.63, 3.8) is 0 Å². The maximum atomic E-state index is 13.0. The third kappa shape index (κ3) is 3.81. The molecule has 0 unspecified atom stereocenters. The van der Waals surface area contributed by atoms with Gasteiger partial charge in [0, 0.05) is 30.7 Å². The minimum atomic E-state index is -0.0772. The SMILES string of the molecule is Cc1cc([C@@H]2CCCCN2C(=O)c2cnc(Nc3ccccc3)nc2)no1. The first kappa shape index (κ1) is 17.2. The van der Waals surface area contributed by atoms with E-state index in [1.807, 2.05) is 48.2 Å². The molecule has 1 aromatic carbocycles. The minimum Gasteiger partial charge on any atom is -0.361 e. The predicted octanol–water partition coefficient (Wildman–Crippen LogP) is 3.88. The molecule has 3 heterocycles. The van der Waals surface area contributed by atoms with E-state index in [4.69, 9.17) is 4.52 Å². The molecule has 0 spiro atoms. The number of piperidine rings is 1. The molecule has 27 heavy (non-hydrogen) atoms. The quantitative estimate of drug-likeness (QED) is 0.757. The first-order chi connectivity index (χ1) is 13.2.